The van der Waals surface area contributed by atoms with Crippen molar-refractivity contribution in [2.24, 2.45) is 0 Å². The summed E-state index contributed by atoms with van der Waals surface area (Å²) in [6.45, 7) is 6.38. The lowest BCUT2D eigenvalue weighted by Gasteiger charge is -2.31. The third-order valence-electron chi connectivity index (χ3n) is 4.00. The van der Waals surface area contributed by atoms with Gasteiger partial charge in [-0.05, 0) is 25.0 Å². The van der Waals surface area contributed by atoms with Crippen LogP contribution in [0, 0.1) is 12.7 Å². The molecule has 1 nitrogen and oxygen atoms in total. The van der Waals surface area contributed by atoms with Crippen LogP contribution < -0.4 is 10.0 Å². The van der Waals surface area contributed by atoms with Crippen molar-refractivity contribution < 1.29 is 9.13 Å². The molecule has 2 unspecified atom stereocenters. The Balaban J connectivity index is 2.47. The molecule has 0 bridgehead atoms. The molecule has 0 radical (unpaired) electrons. The molecule has 0 saturated heterocycles. The summed E-state index contributed by atoms with van der Waals surface area (Å²) in [6.07, 6.45) is 0.930. The van der Waals surface area contributed by atoms with Gasteiger partial charge in [0.15, 0.2) is 0 Å². The number of hydrogen-bond donors (Lipinski definition) is 0. The van der Waals surface area contributed by atoms with E-state index >= 15 is 0 Å². The maximum absolute atomic E-state index is 14.0. The first-order valence-corrected chi connectivity index (χ1v) is 8.18. The van der Waals surface area contributed by atoms with E-state index in [4.69, 9.17) is 4.74 Å². The minimum atomic E-state index is -0.125. The van der Waals surface area contributed by atoms with Crippen LogP contribution in [-0.2, 0) is 5.16 Å². The Hall–Kier alpha value is -1.40. The quantitative estimate of drug-likeness (QED) is 0.723. The predicted molar refractivity (Wildman–Crippen MR) is 89.7 cm³/mol. The average Bonchev–Trinajstić information content (AvgIpc) is 2.49. The first-order valence-electron chi connectivity index (χ1n) is 7.18. The van der Waals surface area contributed by atoms with Crippen molar-refractivity contribution in [2.45, 2.75) is 32.3 Å². The van der Waals surface area contributed by atoms with Crippen LogP contribution in [0.1, 0.15) is 31.4 Å². The zero-order chi connectivity index (χ0) is 15.5. The summed E-state index contributed by atoms with van der Waals surface area (Å²) in [5.41, 5.74) is 2.28. The molecule has 0 aliphatic carbocycles. The highest BCUT2D eigenvalue weighted by Crippen LogP contribution is 2.48. The van der Waals surface area contributed by atoms with Crippen LogP contribution in [0.5, 0.6) is 5.75 Å². The Morgan fingerprint density at radius 2 is 1.86 bits per heavy atom. The molecule has 0 aliphatic rings. The number of halogens is 1. The Morgan fingerprint density at radius 3 is 2.48 bits per heavy atom. The van der Waals surface area contributed by atoms with E-state index in [2.05, 4.69) is 19.9 Å². The highest BCUT2D eigenvalue weighted by atomic mass is 31.1. The molecule has 0 amide bonds. The summed E-state index contributed by atoms with van der Waals surface area (Å²) in [4.78, 5) is 0. The molecule has 112 valence electrons. The average molecular weight is 304 g/mol. The molecular weight excluding hydrogens is 282 g/mol. The van der Waals surface area contributed by atoms with Gasteiger partial charge in [0.2, 0.25) is 0 Å². The molecule has 0 fully saturated rings. The molecule has 2 rings (SSSR count). The molecule has 0 heterocycles. The highest BCUT2D eigenvalue weighted by Gasteiger charge is 2.29. The van der Waals surface area contributed by atoms with Crippen LogP contribution in [0.2, 0.25) is 0 Å². The van der Waals surface area contributed by atoms with E-state index in [9.17, 15) is 4.39 Å². The zero-order valence-corrected chi connectivity index (χ0v) is 14.0. The van der Waals surface area contributed by atoms with Gasteiger partial charge in [-0.25, -0.2) is 4.39 Å². The van der Waals surface area contributed by atoms with E-state index in [1.54, 1.807) is 13.2 Å². The van der Waals surface area contributed by atoms with Crippen molar-refractivity contribution in [3.63, 3.8) is 0 Å². The topological polar surface area (TPSA) is 9.23 Å². The summed E-state index contributed by atoms with van der Waals surface area (Å²) in [5, 5.41) is 0.657. The molecule has 3 heteroatoms. The molecular formula is C18H22FOP. The molecule has 0 aliphatic heterocycles. The molecule has 2 aromatic rings. The zero-order valence-electron chi connectivity index (χ0n) is 13.0. The largest absolute Gasteiger partial charge is 0.496 e. The summed E-state index contributed by atoms with van der Waals surface area (Å²) in [6, 6.07) is 13.2. The van der Waals surface area contributed by atoms with Crippen LogP contribution in [0.25, 0.3) is 0 Å². The molecule has 2 aromatic carbocycles. The molecule has 0 saturated carbocycles. The minimum absolute atomic E-state index is 0.123. The number of ether oxygens (including phenoxy) is 1. The second-order valence-electron chi connectivity index (χ2n) is 5.45. The number of para-hydroxylation sites is 1. The van der Waals surface area contributed by atoms with Crippen LogP contribution in [-0.4, -0.2) is 7.11 Å². The van der Waals surface area contributed by atoms with Gasteiger partial charge in [-0.3, -0.25) is 0 Å². The summed E-state index contributed by atoms with van der Waals surface area (Å²) < 4.78 is 19.6. The molecule has 0 spiro atoms. The maximum atomic E-state index is 14.0. The maximum Gasteiger partial charge on any atom is 0.130 e. The fourth-order valence-electron chi connectivity index (χ4n) is 2.56. The van der Waals surface area contributed by atoms with Gasteiger partial charge >= 0.3 is 0 Å². The number of hydrogen-bond acceptors (Lipinski definition) is 1. The fraction of sp³-hybridized carbons (Fsp3) is 0.333. The smallest absolute Gasteiger partial charge is 0.130 e. The third-order valence-corrected chi connectivity index (χ3v) is 5.85. The van der Waals surface area contributed by atoms with E-state index in [1.165, 1.54) is 6.07 Å². The summed E-state index contributed by atoms with van der Waals surface area (Å²) in [7, 11) is 2.07. The Bertz CT molecular complexity index is 626. The van der Waals surface area contributed by atoms with Crippen LogP contribution in [0.4, 0.5) is 4.39 Å². The first kappa shape index (κ1) is 16.0. The van der Waals surface area contributed by atoms with E-state index < -0.39 is 0 Å². The number of methoxy groups -OCH3 is 1. The second kappa shape index (κ2) is 6.58. The van der Waals surface area contributed by atoms with Gasteiger partial charge in [0, 0.05) is 16.0 Å². The number of aryl methyl sites for hydroxylation is 1. The highest BCUT2D eigenvalue weighted by molar-refractivity contribution is 7.48. The van der Waals surface area contributed by atoms with Gasteiger partial charge in [-0.2, -0.15) is 0 Å². The Labute approximate surface area is 128 Å². The van der Waals surface area contributed by atoms with Gasteiger partial charge in [0.1, 0.15) is 11.6 Å². The molecule has 0 aromatic heterocycles. The van der Waals surface area contributed by atoms with E-state index in [-0.39, 0.29) is 11.0 Å². The van der Waals surface area contributed by atoms with Gasteiger partial charge in [-0.1, -0.05) is 58.8 Å². The van der Waals surface area contributed by atoms with Gasteiger partial charge in [0.05, 0.1) is 7.11 Å². The molecule has 2 atom stereocenters. The summed E-state index contributed by atoms with van der Waals surface area (Å²) in [5.74, 6) is 0.799. The van der Waals surface area contributed by atoms with Crippen molar-refractivity contribution in [2.75, 3.05) is 7.11 Å². The van der Waals surface area contributed by atoms with Crippen LogP contribution >= 0.6 is 8.58 Å². The number of benzene rings is 2. The minimum Gasteiger partial charge on any atom is -0.496 e. The van der Waals surface area contributed by atoms with Crippen LogP contribution in [0.15, 0.2) is 42.5 Å². The Morgan fingerprint density at radius 1 is 1.14 bits per heavy atom. The lowest BCUT2D eigenvalue weighted by atomic mass is 9.94. The Kier molecular flexibility index (Phi) is 5.00. The first-order chi connectivity index (χ1) is 10.0. The third kappa shape index (κ3) is 3.27. The molecule has 21 heavy (non-hydrogen) atoms. The lowest BCUT2D eigenvalue weighted by Crippen LogP contribution is -2.20. The fourth-order valence-corrected chi connectivity index (χ4v) is 4.05. The van der Waals surface area contributed by atoms with E-state index in [0.29, 0.717) is 8.58 Å². The van der Waals surface area contributed by atoms with Crippen molar-refractivity contribution in [3.05, 3.63) is 59.4 Å². The van der Waals surface area contributed by atoms with Crippen LogP contribution in [0.3, 0.4) is 0 Å². The van der Waals surface area contributed by atoms with Crippen molar-refractivity contribution >= 4 is 13.9 Å². The SMILES string of the molecule is CCC(C)(Pc1ccccc1F)c1cccc(C)c1OC. The van der Waals surface area contributed by atoms with Crippen molar-refractivity contribution in [1.82, 2.24) is 0 Å². The normalized spacial score (nSPS) is 14.3. The second-order valence-corrected chi connectivity index (χ2v) is 7.34. The van der Waals surface area contributed by atoms with Crippen molar-refractivity contribution in [3.8, 4) is 5.75 Å². The van der Waals surface area contributed by atoms with Gasteiger partial charge in [-0.15, -0.1) is 0 Å². The van der Waals surface area contributed by atoms with E-state index in [1.807, 2.05) is 31.2 Å². The monoisotopic (exact) mass is 304 g/mol. The van der Waals surface area contributed by atoms with Crippen molar-refractivity contribution in [1.29, 1.82) is 0 Å². The number of rotatable bonds is 5. The van der Waals surface area contributed by atoms with E-state index in [0.717, 1.165) is 28.6 Å². The molecule has 0 N–H and O–H groups in total. The summed E-state index contributed by atoms with van der Waals surface area (Å²) >= 11 is 0. The lowest BCUT2D eigenvalue weighted by molar-refractivity contribution is 0.400. The van der Waals surface area contributed by atoms with Gasteiger partial charge < -0.3 is 4.74 Å². The van der Waals surface area contributed by atoms with Gasteiger partial charge in [0.25, 0.3) is 0 Å². The standard InChI is InChI=1S/C18H22FOP/c1-5-18(3,21-16-12-7-6-11-15(16)19)14-10-8-9-13(2)17(14)20-4/h6-12,21H,5H2,1-4H3. The predicted octanol–water partition coefficient (Wildman–Crippen LogP) is 4.77.